The summed E-state index contributed by atoms with van der Waals surface area (Å²) in [6.45, 7) is 1.66. The Hall–Kier alpha value is -0.520. The van der Waals surface area contributed by atoms with Gasteiger partial charge in [0.05, 0.1) is 5.75 Å². The zero-order valence-electron chi connectivity index (χ0n) is 8.96. The first-order chi connectivity index (χ1) is 7.79. The lowest BCUT2D eigenvalue weighted by Crippen LogP contribution is -2.51. The van der Waals surface area contributed by atoms with Crippen LogP contribution in [0.3, 0.4) is 0 Å². The molecule has 1 aliphatic heterocycles. The van der Waals surface area contributed by atoms with Crippen LogP contribution in [0.25, 0.3) is 0 Å². The van der Waals surface area contributed by atoms with Crippen LogP contribution in [0.2, 0.25) is 0 Å². The number of hydrogen-bond acceptors (Lipinski definition) is 4. The number of aliphatic hydroxyl groups is 1. The van der Waals surface area contributed by atoms with Gasteiger partial charge in [0, 0.05) is 36.2 Å². The van der Waals surface area contributed by atoms with Crippen molar-refractivity contribution in [1.82, 2.24) is 4.90 Å². The minimum atomic E-state index is 0.200. The maximum Gasteiger partial charge on any atom is 0.232 e. The fourth-order valence-corrected chi connectivity index (χ4v) is 3.38. The molecular formula is C11H15NO2S2. The predicted octanol–water partition coefficient (Wildman–Crippen LogP) is 1.43. The summed E-state index contributed by atoms with van der Waals surface area (Å²) in [6, 6.07) is 4.12. The molecule has 2 heterocycles. The first kappa shape index (κ1) is 12.0. The second kappa shape index (κ2) is 5.70. The van der Waals surface area contributed by atoms with Crippen molar-refractivity contribution in [2.75, 3.05) is 25.4 Å². The average molecular weight is 257 g/mol. The van der Waals surface area contributed by atoms with Gasteiger partial charge < -0.3 is 10.0 Å². The summed E-state index contributed by atoms with van der Waals surface area (Å²) < 4.78 is 0. The van der Waals surface area contributed by atoms with E-state index in [0.717, 1.165) is 18.8 Å². The molecule has 1 N–H and O–H groups in total. The lowest BCUT2D eigenvalue weighted by molar-refractivity contribution is -0.135. The van der Waals surface area contributed by atoms with Crippen LogP contribution < -0.4 is 0 Å². The summed E-state index contributed by atoms with van der Waals surface area (Å²) in [5, 5.41) is 10.9. The van der Waals surface area contributed by atoms with E-state index in [2.05, 4.69) is 11.4 Å². The lowest BCUT2D eigenvalue weighted by Gasteiger charge is -2.38. The molecular weight excluding hydrogens is 242 g/mol. The van der Waals surface area contributed by atoms with E-state index in [1.54, 1.807) is 23.1 Å². The quantitative estimate of drug-likeness (QED) is 0.867. The molecule has 0 radical (unpaired) electrons. The van der Waals surface area contributed by atoms with Gasteiger partial charge in [-0.1, -0.05) is 6.07 Å². The highest BCUT2D eigenvalue weighted by atomic mass is 32.2. The van der Waals surface area contributed by atoms with E-state index >= 15 is 0 Å². The van der Waals surface area contributed by atoms with Gasteiger partial charge in [-0.25, -0.2) is 0 Å². The van der Waals surface area contributed by atoms with Crippen molar-refractivity contribution in [3.63, 3.8) is 0 Å². The highest BCUT2D eigenvalue weighted by Gasteiger charge is 2.29. The normalized spacial score (nSPS) is 16.2. The second-order valence-corrected chi connectivity index (χ2v) is 5.94. The Morgan fingerprint density at radius 1 is 1.62 bits per heavy atom. The monoisotopic (exact) mass is 257 g/mol. The van der Waals surface area contributed by atoms with Crippen molar-refractivity contribution >= 4 is 29.0 Å². The van der Waals surface area contributed by atoms with Crippen molar-refractivity contribution in [3.05, 3.63) is 22.4 Å². The number of nitrogens with zero attached hydrogens (tertiary/aromatic N) is 1. The zero-order chi connectivity index (χ0) is 11.4. The van der Waals surface area contributed by atoms with Gasteiger partial charge in [0.1, 0.15) is 0 Å². The lowest BCUT2D eigenvalue weighted by atomic mass is 10.0. The number of carbonyl (C=O) groups excluding carboxylic acids is 1. The first-order valence-corrected chi connectivity index (χ1v) is 7.32. The molecule has 16 heavy (non-hydrogen) atoms. The highest BCUT2D eigenvalue weighted by Crippen LogP contribution is 2.20. The number of thiophene rings is 1. The third-order valence-corrected chi connectivity index (χ3v) is 4.64. The van der Waals surface area contributed by atoms with Crippen LogP contribution in [0, 0.1) is 5.92 Å². The maximum absolute atomic E-state index is 11.6. The van der Waals surface area contributed by atoms with Gasteiger partial charge in [-0.2, -0.15) is 0 Å². The van der Waals surface area contributed by atoms with E-state index < -0.39 is 0 Å². The molecule has 0 atom stereocenters. The van der Waals surface area contributed by atoms with E-state index in [0.29, 0.717) is 11.7 Å². The molecule has 1 aromatic rings. The Bertz CT molecular complexity index is 334. The van der Waals surface area contributed by atoms with Gasteiger partial charge in [-0.3, -0.25) is 4.79 Å². The molecule has 0 aromatic carbocycles. The van der Waals surface area contributed by atoms with Crippen LogP contribution >= 0.6 is 23.1 Å². The molecule has 1 aromatic heterocycles. The van der Waals surface area contributed by atoms with Gasteiger partial charge in [-0.05, 0) is 11.4 Å². The van der Waals surface area contributed by atoms with Crippen molar-refractivity contribution in [2.45, 2.75) is 5.75 Å². The maximum atomic E-state index is 11.6. The van der Waals surface area contributed by atoms with Crippen molar-refractivity contribution < 1.29 is 9.90 Å². The van der Waals surface area contributed by atoms with Crippen LogP contribution in [-0.2, 0) is 10.5 Å². The van der Waals surface area contributed by atoms with E-state index in [1.165, 1.54) is 4.88 Å². The van der Waals surface area contributed by atoms with Crippen LogP contribution in [0.1, 0.15) is 4.88 Å². The number of amides is 1. The number of hydrogen-bond donors (Lipinski definition) is 1. The topological polar surface area (TPSA) is 40.5 Å². The minimum Gasteiger partial charge on any atom is -0.396 e. The number of rotatable bonds is 5. The molecule has 0 spiro atoms. The molecule has 0 aliphatic carbocycles. The molecule has 3 nitrogen and oxygen atoms in total. The number of likely N-dealkylation sites (tertiary alicyclic amines) is 1. The Labute approximate surface area is 103 Å². The molecule has 1 fully saturated rings. The number of aliphatic hydroxyl groups excluding tert-OH is 1. The van der Waals surface area contributed by atoms with E-state index in [-0.39, 0.29) is 12.5 Å². The number of thioether (sulfide) groups is 1. The molecule has 2 rings (SSSR count). The Balaban J connectivity index is 1.62. The molecule has 88 valence electrons. The predicted molar refractivity (Wildman–Crippen MR) is 67.6 cm³/mol. The summed E-state index contributed by atoms with van der Waals surface area (Å²) in [5.41, 5.74) is 0. The Kier molecular flexibility index (Phi) is 4.26. The molecule has 0 bridgehead atoms. The SMILES string of the molecule is O=C(CSCc1cccs1)N1CC(CO)C1. The third-order valence-electron chi connectivity index (χ3n) is 2.62. The van der Waals surface area contributed by atoms with Crippen molar-refractivity contribution in [1.29, 1.82) is 0 Å². The average Bonchev–Trinajstić information content (AvgIpc) is 2.69. The van der Waals surface area contributed by atoms with Crippen molar-refractivity contribution in [3.8, 4) is 0 Å². The molecule has 5 heteroatoms. The smallest absolute Gasteiger partial charge is 0.232 e. The highest BCUT2D eigenvalue weighted by molar-refractivity contribution is 7.99. The van der Waals surface area contributed by atoms with Crippen LogP contribution in [0.15, 0.2) is 17.5 Å². The number of carbonyl (C=O) groups is 1. The van der Waals surface area contributed by atoms with Gasteiger partial charge in [0.2, 0.25) is 5.91 Å². The standard InChI is InChI=1S/C11H15NO2S2/c13-6-9-4-12(5-9)11(14)8-15-7-10-2-1-3-16-10/h1-3,9,13H,4-8H2. The molecule has 0 unspecified atom stereocenters. The largest absolute Gasteiger partial charge is 0.396 e. The molecule has 1 saturated heterocycles. The molecule has 1 aliphatic rings. The fraction of sp³-hybridized carbons (Fsp3) is 0.545. The molecule has 0 saturated carbocycles. The zero-order valence-corrected chi connectivity index (χ0v) is 10.6. The fourth-order valence-electron chi connectivity index (χ4n) is 1.61. The van der Waals surface area contributed by atoms with Crippen LogP contribution in [-0.4, -0.2) is 41.4 Å². The van der Waals surface area contributed by atoms with E-state index in [9.17, 15) is 4.79 Å². The van der Waals surface area contributed by atoms with Crippen LogP contribution in [0.4, 0.5) is 0 Å². The van der Waals surface area contributed by atoms with Gasteiger partial charge >= 0.3 is 0 Å². The minimum absolute atomic E-state index is 0.200. The summed E-state index contributed by atoms with van der Waals surface area (Å²) in [5.74, 6) is 1.98. The van der Waals surface area contributed by atoms with Gasteiger partial charge in [0.25, 0.3) is 0 Å². The summed E-state index contributed by atoms with van der Waals surface area (Å²) >= 11 is 3.39. The summed E-state index contributed by atoms with van der Waals surface area (Å²) in [6.07, 6.45) is 0. The Morgan fingerprint density at radius 3 is 3.06 bits per heavy atom. The van der Waals surface area contributed by atoms with E-state index in [1.807, 2.05) is 11.0 Å². The Morgan fingerprint density at radius 2 is 2.44 bits per heavy atom. The van der Waals surface area contributed by atoms with E-state index in [4.69, 9.17) is 5.11 Å². The van der Waals surface area contributed by atoms with Gasteiger partial charge in [0.15, 0.2) is 0 Å². The molecule has 1 amide bonds. The summed E-state index contributed by atoms with van der Waals surface area (Å²) in [4.78, 5) is 14.8. The summed E-state index contributed by atoms with van der Waals surface area (Å²) in [7, 11) is 0. The van der Waals surface area contributed by atoms with Crippen molar-refractivity contribution in [2.24, 2.45) is 5.92 Å². The third kappa shape index (κ3) is 2.99. The second-order valence-electron chi connectivity index (χ2n) is 3.92. The van der Waals surface area contributed by atoms with Gasteiger partial charge in [-0.15, -0.1) is 23.1 Å². The first-order valence-electron chi connectivity index (χ1n) is 5.28. The van der Waals surface area contributed by atoms with Crippen LogP contribution in [0.5, 0.6) is 0 Å².